The van der Waals surface area contributed by atoms with Gasteiger partial charge in [0.05, 0.1) is 19.8 Å². The average Bonchev–Trinajstić information content (AvgIpc) is 2.32. The molecule has 0 aliphatic carbocycles. The molecular weight excluding hydrogens is 295 g/mol. The lowest BCUT2D eigenvalue weighted by molar-refractivity contribution is -0.141. The van der Waals surface area contributed by atoms with Gasteiger partial charge in [0.2, 0.25) is 0 Å². The summed E-state index contributed by atoms with van der Waals surface area (Å²) in [5.74, 6) is -0.574. The molecule has 0 rings (SSSR count). The molecule has 0 aromatic carbocycles. The maximum absolute atomic E-state index is 12.8. The van der Waals surface area contributed by atoms with Gasteiger partial charge in [-0.3, -0.25) is 4.57 Å². The van der Waals surface area contributed by atoms with Crippen LogP contribution >= 0.6 is 31.1 Å². The molecule has 0 atom stereocenters. The summed E-state index contributed by atoms with van der Waals surface area (Å²) in [4.78, 5) is 12.1. The summed E-state index contributed by atoms with van der Waals surface area (Å²) in [6, 6.07) is 0. The monoisotopic (exact) mass is 316 g/mol. The fourth-order valence-electron chi connectivity index (χ4n) is 1.35. The Labute approximate surface area is 117 Å². The van der Waals surface area contributed by atoms with E-state index in [1.807, 2.05) is 0 Å². The first-order chi connectivity index (χ1) is 8.47. The van der Waals surface area contributed by atoms with Crippen LogP contribution in [0.3, 0.4) is 0 Å². The second-order valence-electron chi connectivity index (χ2n) is 3.04. The average molecular weight is 316 g/mol. The van der Waals surface area contributed by atoms with Gasteiger partial charge in [0.15, 0.2) is 0 Å². The number of rotatable bonds is 9. The number of carbonyl (C=O) groups excluding carboxylic acids is 1. The van der Waals surface area contributed by atoms with Crippen LogP contribution in [0.4, 0.5) is 0 Å². The van der Waals surface area contributed by atoms with Gasteiger partial charge in [-0.2, -0.15) is 0 Å². The van der Waals surface area contributed by atoms with E-state index in [9.17, 15) is 9.36 Å². The van der Waals surface area contributed by atoms with Crippen molar-refractivity contribution in [1.82, 2.24) is 0 Å². The molecule has 0 radical (unpaired) electrons. The van der Waals surface area contributed by atoms with Crippen molar-refractivity contribution in [3.05, 3.63) is 0 Å². The van der Waals surface area contributed by atoms with Gasteiger partial charge in [0, 0.05) is 0 Å². The normalized spacial score (nSPS) is 12.5. The Hall–Kier alpha value is 0.320. The Morgan fingerprint density at radius 2 is 1.50 bits per heavy atom. The molecule has 0 aromatic heterocycles. The number of esters is 1. The SMILES string of the molecule is CCOC(=O)C(SC)(SC)P(=O)(OCC)OCC. The highest BCUT2D eigenvalue weighted by molar-refractivity contribution is 8.26. The summed E-state index contributed by atoms with van der Waals surface area (Å²) in [5.41, 5.74) is 0. The molecule has 108 valence electrons. The van der Waals surface area contributed by atoms with Crippen molar-refractivity contribution in [2.75, 3.05) is 32.3 Å². The molecule has 0 unspecified atom stereocenters. The van der Waals surface area contributed by atoms with Crippen LogP contribution in [0.1, 0.15) is 20.8 Å². The zero-order valence-electron chi connectivity index (χ0n) is 11.4. The van der Waals surface area contributed by atoms with Crippen molar-refractivity contribution in [2.45, 2.75) is 24.6 Å². The van der Waals surface area contributed by atoms with Gasteiger partial charge in [0.25, 0.3) is 3.82 Å². The van der Waals surface area contributed by atoms with E-state index in [-0.39, 0.29) is 19.8 Å². The zero-order chi connectivity index (χ0) is 14.2. The van der Waals surface area contributed by atoms with Crippen molar-refractivity contribution < 1.29 is 23.1 Å². The minimum absolute atomic E-state index is 0.208. The third-order valence-corrected chi connectivity index (χ3v) is 9.02. The lowest BCUT2D eigenvalue weighted by Gasteiger charge is -2.33. The van der Waals surface area contributed by atoms with Crippen LogP contribution in [0.15, 0.2) is 0 Å². The van der Waals surface area contributed by atoms with E-state index in [1.54, 1.807) is 33.3 Å². The summed E-state index contributed by atoms with van der Waals surface area (Å²) < 4.78 is 27.0. The van der Waals surface area contributed by atoms with Crippen LogP contribution in [0.25, 0.3) is 0 Å². The van der Waals surface area contributed by atoms with Gasteiger partial charge in [0.1, 0.15) is 0 Å². The minimum atomic E-state index is -3.59. The smallest absolute Gasteiger partial charge is 0.368 e. The molecule has 8 heteroatoms. The number of thioether (sulfide) groups is 2. The number of ether oxygens (including phenoxy) is 1. The zero-order valence-corrected chi connectivity index (χ0v) is 14.0. The highest BCUT2D eigenvalue weighted by atomic mass is 32.2. The summed E-state index contributed by atoms with van der Waals surface area (Å²) in [7, 11) is -3.59. The van der Waals surface area contributed by atoms with Crippen LogP contribution < -0.4 is 0 Å². The Morgan fingerprint density at radius 3 is 1.78 bits per heavy atom. The Morgan fingerprint density at radius 1 is 1.06 bits per heavy atom. The van der Waals surface area contributed by atoms with E-state index in [0.29, 0.717) is 0 Å². The molecule has 0 amide bonds. The summed E-state index contributed by atoms with van der Waals surface area (Å²) in [5, 5.41) is 0. The topological polar surface area (TPSA) is 61.8 Å². The Balaban J connectivity index is 5.50. The van der Waals surface area contributed by atoms with Crippen molar-refractivity contribution in [3.8, 4) is 0 Å². The number of hydrogen-bond acceptors (Lipinski definition) is 7. The first-order valence-corrected chi connectivity index (χ1v) is 9.63. The van der Waals surface area contributed by atoms with Gasteiger partial charge in [-0.15, -0.1) is 23.5 Å². The molecule has 0 N–H and O–H groups in total. The predicted molar refractivity (Wildman–Crippen MR) is 77.3 cm³/mol. The van der Waals surface area contributed by atoms with Crippen LogP contribution in [-0.2, 0) is 23.1 Å². The second kappa shape index (κ2) is 8.48. The Kier molecular flexibility index (Phi) is 8.63. The summed E-state index contributed by atoms with van der Waals surface area (Å²) in [6.07, 6.45) is 3.39. The van der Waals surface area contributed by atoms with E-state index < -0.39 is 17.4 Å². The lowest BCUT2D eigenvalue weighted by Crippen LogP contribution is -2.35. The van der Waals surface area contributed by atoms with Gasteiger partial charge in [-0.25, -0.2) is 4.79 Å². The minimum Gasteiger partial charge on any atom is -0.464 e. The van der Waals surface area contributed by atoms with Crippen LogP contribution in [-0.4, -0.2) is 42.1 Å². The third-order valence-electron chi connectivity index (χ3n) is 2.05. The van der Waals surface area contributed by atoms with Gasteiger partial charge >= 0.3 is 13.6 Å². The van der Waals surface area contributed by atoms with Crippen molar-refractivity contribution in [1.29, 1.82) is 0 Å². The van der Waals surface area contributed by atoms with Gasteiger partial charge < -0.3 is 13.8 Å². The van der Waals surface area contributed by atoms with E-state index in [2.05, 4.69) is 0 Å². The largest absolute Gasteiger partial charge is 0.464 e. The van der Waals surface area contributed by atoms with E-state index in [1.165, 1.54) is 0 Å². The van der Waals surface area contributed by atoms with Crippen molar-refractivity contribution in [2.24, 2.45) is 0 Å². The molecule has 0 bridgehead atoms. The standard InChI is InChI=1S/C10H21O5PS2/c1-6-13-9(11)10(17-4,18-5)16(12,14-7-2)15-8-3/h6-8H2,1-5H3. The highest BCUT2D eigenvalue weighted by Gasteiger charge is 2.58. The van der Waals surface area contributed by atoms with Gasteiger partial charge in [-0.05, 0) is 33.3 Å². The van der Waals surface area contributed by atoms with Gasteiger partial charge in [-0.1, -0.05) is 0 Å². The molecule has 0 saturated carbocycles. The summed E-state index contributed by atoms with van der Waals surface area (Å²) in [6.45, 7) is 5.76. The Bertz CT molecular complexity index is 297. The highest BCUT2D eigenvalue weighted by Crippen LogP contribution is 2.69. The molecule has 0 aliphatic rings. The van der Waals surface area contributed by atoms with Crippen LogP contribution in [0, 0.1) is 0 Å². The number of carbonyl (C=O) groups is 1. The van der Waals surface area contributed by atoms with Crippen LogP contribution in [0.2, 0.25) is 0 Å². The fourth-order valence-corrected chi connectivity index (χ4v) is 6.28. The van der Waals surface area contributed by atoms with Crippen molar-refractivity contribution >= 4 is 37.1 Å². The quantitative estimate of drug-likeness (QED) is 0.368. The maximum Gasteiger partial charge on any atom is 0.368 e. The number of hydrogen-bond donors (Lipinski definition) is 0. The van der Waals surface area contributed by atoms with E-state index in [4.69, 9.17) is 13.8 Å². The molecule has 0 aliphatic heterocycles. The second-order valence-corrected chi connectivity index (χ2v) is 8.13. The molecule has 5 nitrogen and oxygen atoms in total. The molecule has 0 fully saturated rings. The summed E-state index contributed by atoms with van der Waals surface area (Å²) >= 11 is 2.26. The van der Waals surface area contributed by atoms with Crippen LogP contribution in [0.5, 0.6) is 0 Å². The molecule has 0 aromatic rings. The predicted octanol–water partition coefficient (Wildman–Crippen LogP) is 3.20. The van der Waals surface area contributed by atoms with Crippen molar-refractivity contribution in [3.63, 3.8) is 0 Å². The molecule has 0 saturated heterocycles. The maximum atomic E-state index is 12.8. The van der Waals surface area contributed by atoms with E-state index in [0.717, 1.165) is 23.5 Å². The molecule has 18 heavy (non-hydrogen) atoms. The third kappa shape index (κ3) is 3.67. The first kappa shape index (κ1) is 18.3. The fraction of sp³-hybridized carbons (Fsp3) is 0.900. The van der Waals surface area contributed by atoms with E-state index >= 15 is 0 Å². The lowest BCUT2D eigenvalue weighted by atomic mass is 10.7. The molecule has 0 spiro atoms. The molecule has 0 heterocycles. The molecular formula is C10H21O5PS2. The first-order valence-electron chi connectivity index (χ1n) is 5.64.